The molecule has 7 heteroatoms. The zero-order valence-corrected chi connectivity index (χ0v) is 16.7. The molecule has 0 aliphatic heterocycles. The molecule has 0 radical (unpaired) electrons. The molecule has 6 nitrogen and oxygen atoms in total. The third-order valence-electron chi connectivity index (χ3n) is 6.07. The number of rotatable bonds is 4. The Morgan fingerprint density at radius 3 is 2.57 bits per heavy atom. The van der Waals surface area contributed by atoms with E-state index in [0.717, 1.165) is 12.8 Å². The van der Waals surface area contributed by atoms with Gasteiger partial charge in [0.25, 0.3) is 5.91 Å². The average Bonchev–Trinajstić information content (AvgIpc) is 3.38. The van der Waals surface area contributed by atoms with E-state index in [-0.39, 0.29) is 23.8 Å². The van der Waals surface area contributed by atoms with E-state index in [9.17, 15) is 14.7 Å². The summed E-state index contributed by atoms with van der Waals surface area (Å²) in [6.45, 7) is 0. The van der Waals surface area contributed by atoms with Crippen LogP contribution in [-0.2, 0) is 17.6 Å². The van der Waals surface area contributed by atoms with Crippen LogP contribution in [0.4, 0.5) is 0 Å². The Labute approximate surface area is 168 Å². The standard InChI is InChI=1S/C21H25N3O3S/c1-24(16-8-13-4-2-3-5-14(13)9-16)21(27)15-6-7-19(25)17(10-15)23-20(26)18-11-28-12-22-18/h2-5,11-12,15-17,19,25H,6-10H2,1H3,(H,23,26)/t15-,17+,19+/m0/s1. The third kappa shape index (κ3) is 3.82. The minimum atomic E-state index is -0.632. The number of carbonyl (C=O) groups excluding carboxylic acids is 2. The number of benzene rings is 1. The van der Waals surface area contributed by atoms with Gasteiger partial charge in [0, 0.05) is 24.4 Å². The Bertz CT molecular complexity index is 829. The molecular weight excluding hydrogens is 374 g/mol. The first-order valence-electron chi connectivity index (χ1n) is 9.73. The van der Waals surface area contributed by atoms with Crippen molar-refractivity contribution in [2.75, 3.05) is 7.05 Å². The van der Waals surface area contributed by atoms with E-state index in [4.69, 9.17) is 0 Å². The predicted molar refractivity (Wildman–Crippen MR) is 107 cm³/mol. The minimum absolute atomic E-state index is 0.109. The summed E-state index contributed by atoms with van der Waals surface area (Å²) in [5.74, 6) is -0.367. The molecule has 28 heavy (non-hydrogen) atoms. The van der Waals surface area contributed by atoms with Gasteiger partial charge in [-0.3, -0.25) is 9.59 Å². The van der Waals surface area contributed by atoms with Gasteiger partial charge in [-0.25, -0.2) is 4.98 Å². The van der Waals surface area contributed by atoms with Crippen LogP contribution in [0.25, 0.3) is 0 Å². The molecule has 2 aliphatic carbocycles. The maximum absolute atomic E-state index is 13.1. The molecule has 4 rings (SSSR count). The molecule has 1 aromatic carbocycles. The van der Waals surface area contributed by atoms with Crippen molar-refractivity contribution in [1.82, 2.24) is 15.2 Å². The number of nitrogens with one attached hydrogen (secondary N) is 1. The van der Waals surface area contributed by atoms with Gasteiger partial charge in [0.05, 0.1) is 17.7 Å². The van der Waals surface area contributed by atoms with Crippen LogP contribution in [0.5, 0.6) is 0 Å². The van der Waals surface area contributed by atoms with Crippen LogP contribution in [0, 0.1) is 5.92 Å². The van der Waals surface area contributed by atoms with Crippen molar-refractivity contribution < 1.29 is 14.7 Å². The van der Waals surface area contributed by atoms with Crippen LogP contribution in [0.15, 0.2) is 35.2 Å². The van der Waals surface area contributed by atoms with Crippen LogP contribution in [0.1, 0.15) is 40.9 Å². The van der Waals surface area contributed by atoms with Crippen molar-refractivity contribution in [3.63, 3.8) is 0 Å². The summed E-state index contributed by atoms with van der Waals surface area (Å²) in [5, 5.41) is 14.9. The van der Waals surface area contributed by atoms with Gasteiger partial charge in [0.15, 0.2) is 0 Å². The summed E-state index contributed by atoms with van der Waals surface area (Å²) in [6.07, 6.45) is 2.76. The van der Waals surface area contributed by atoms with Crippen LogP contribution in [0.3, 0.4) is 0 Å². The highest BCUT2D eigenvalue weighted by atomic mass is 32.1. The maximum atomic E-state index is 13.1. The molecule has 2 aliphatic rings. The molecule has 1 aromatic heterocycles. The predicted octanol–water partition coefficient (Wildman–Crippen LogP) is 2.03. The Kier molecular flexibility index (Phi) is 5.46. The number of nitrogens with zero attached hydrogens (tertiary/aromatic N) is 2. The van der Waals surface area contributed by atoms with Crippen molar-refractivity contribution in [1.29, 1.82) is 0 Å². The van der Waals surface area contributed by atoms with Gasteiger partial charge >= 0.3 is 0 Å². The largest absolute Gasteiger partial charge is 0.391 e. The second-order valence-corrected chi connectivity index (χ2v) is 8.53. The molecule has 0 spiro atoms. The average molecular weight is 400 g/mol. The highest BCUT2D eigenvalue weighted by Crippen LogP contribution is 2.30. The summed E-state index contributed by atoms with van der Waals surface area (Å²) in [4.78, 5) is 31.3. The summed E-state index contributed by atoms with van der Waals surface area (Å²) >= 11 is 1.35. The van der Waals surface area contributed by atoms with Gasteiger partial charge in [0.2, 0.25) is 5.91 Å². The molecule has 0 unspecified atom stereocenters. The number of thiazole rings is 1. The Balaban J connectivity index is 1.38. The highest BCUT2D eigenvalue weighted by Gasteiger charge is 2.37. The number of amides is 2. The first kappa shape index (κ1) is 19.1. The summed E-state index contributed by atoms with van der Waals surface area (Å²) in [7, 11) is 1.88. The van der Waals surface area contributed by atoms with E-state index in [1.807, 2.05) is 24.1 Å². The number of fused-ring (bicyclic) bond motifs is 1. The number of hydrogen-bond acceptors (Lipinski definition) is 5. The zero-order chi connectivity index (χ0) is 19.7. The first-order valence-corrected chi connectivity index (χ1v) is 10.7. The Morgan fingerprint density at radius 1 is 1.21 bits per heavy atom. The molecule has 1 fully saturated rings. The van der Waals surface area contributed by atoms with E-state index in [1.165, 1.54) is 22.5 Å². The summed E-state index contributed by atoms with van der Waals surface area (Å²) in [5.41, 5.74) is 4.60. The zero-order valence-electron chi connectivity index (χ0n) is 15.9. The van der Waals surface area contributed by atoms with Gasteiger partial charge in [-0.1, -0.05) is 24.3 Å². The van der Waals surface area contributed by atoms with Crippen LogP contribution in [-0.4, -0.2) is 52.0 Å². The van der Waals surface area contributed by atoms with Crippen LogP contribution >= 0.6 is 11.3 Å². The van der Waals surface area contributed by atoms with Gasteiger partial charge in [-0.2, -0.15) is 0 Å². The Morgan fingerprint density at radius 2 is 1.93 bits per heavy atom. The molecule has 2 aromatic rings. The molecule has 2 amide bonds. The summed E-state index contributed by atoms with van der Waals surface area (Å²) in [6, 6.07) is 8.11. The molecule has 148 valence electrons. The molecule has 0 saturated heterocycles. The number of aromatic nitrogens is 1. The lowest BCUT2D eigenvalue weighted by Crippen LogP contribution is -2.51. The lowest BCUT2D eigenvalue weighted by molar-refractivity contribution is -0.138. The number of aliphatic hydroxyl groups is 1. The molecule has 2 N–H and O–H groups in total. The van der Waals surface area contributed by atoms with Gasteiger partial charge < -0.3 is 15.3 Å². The SMILES string of the molecule is CN(C(=O)[C@H]1CC[C@@H](O)[C@H](NC(=O)c2cscn2)C1)C1Cc2ccccc2C1. The van der Waals surface area contributed by atoms with Crippen LogP contribution in [0.2, 0.25) is 0 Å². The topological polar surface area (TPSA) is 82.5 Å². The molecule has 0 bridgehead atoms. The van der Waals surface area contributed by atoms with E-state index < -0.39 is 12.1 Å². The first-order chi connectivity index (χ1) is 13.5. The van der Waals surface area contributed by atoms with Crippen LogP contribution < -0.4 is 5.32 Å². The highest BCUT2D eigenvalue weighted by molar-refractivity contribution is 7.07. The second-order valence-electron chi connectivity index (χ2n) is 7.81. The summed E-state index contributed by atoms with van der Waals surface area (Å²) < 4.78 is 0. The lowest BCUT2D eigenvalue weighted by Gasteiger charge is -2.36. The van der Waals surface area contributed by atoms with Gasteiger partial charge in [-0.15, -0.1) is 11.3 Å². The Hall–Kier alpha value is -2.25. The molecule has 3 atom stereocenters. The van der Waals surface area contributed by atoms with E-state index >= 15 is 0 Å². The monoisotopic (exact) mass is 399 g/mol. The molecule has 1 saturated carbocycles. The number of hydrogen-bond donors (Lipinski definition) is 2. The van der Waals surface area contributed by atoms with Crippen molar-refractivity contribution in [3.05, 3.63) is 52.0 Å². The molecular formula is C21H25N3O3S. The molecule has 1 heterocycles. The minimum Gasteiger partial charge on any atom is -0.391 e. The fourth-order valence-corrected chi connectivity index (χ4v) is 4.91. The number of likely N-dealkylation sites (N-methyl/N-ethyl adjacent to an activating group) is 1. The lowest BCUT2D eigenvalue weighted by atomic mass is 9.82. The van der Waals surface area contributed by atoms with Crippen molar-refractivity contribution in [3.8, 4) is 0 Å². The van der Waals surface area contributed by atoms with E-state index in [0.29, 0.717) is 25.0 Å². The number of carbonyl (C=O) groups is 2. The van der Waals surface area contributed by atoms with Gasteiger partial charge in [-0.05, 0) is 43.2 Å². The van der Waals surface area contributed by atoms with Crippen molar-refractivity contribution >= 4 is 23.2 Å². The van der Waals surface area contributed by atoms with Crippen molar-refractivity contribution in [2.24, 2.45) is 5.92 Å². The van der Waals surface area contributed by atoms with Gasteiger partial charge in [0.1, 0.15) is 5.69 Å². The van der Waals surface area contributed by atoms with E-state index in [1.54, 1.807) is 10.9 Å². The van der Waals surface area contributed by atoms with E-state index in [2.05, 4.69) is 22.4 Å². The smallest absolute Gasteiger partial charge is 0.271 e. The normalized spacial score (nSPS) is 24.6. The fraction of sp³-hybridized carbons (Fsp3) is 0.476. The third-order valence-corrected chi connectivity index (χ3v) is 6.66. The maximum Gasteiger partial charge on any atom is 0.271 e. The fourth-order valence-electron chi connectivity index (χ4n) is 4.38. The van der Waals surface area contributed by atoms with Crippen molar-refractivity contribution in [2.45, 2.75) is 50.3 Å². The quantitative estimate of drug-likeness (QED) is 0.824. The number of aliphatic hydroxyl groups excluding tert-OH is 1. The second kappa shape index (κ2) is 8.01.